The van der Waals surface area contributed by atoms with Gasteiger partial charge in [-0.05, 0) is 55.5 Å². The number of fused-ring (bicyclic) bond motifs is 1. The Morgan fingerprint density at radius 3 is 2.26 bits per heavy atom. The van der Waals surface area contributed by atoms with Crippen molar-refractivity contribution >= 4 is 16.8 Å². The average Bonchev–Trinajstić information content (AvgIpc) is 2.89. The number of carbonyl (C=O) groups excluding carboxylic acids is 1. The Balaban J connectivity index is 1.45. The molecular formula is C27H24F2N4O2. The highest BCUT2D eigenvalue weighted by Crippen LogP contribution is 2.24. The second-order valence-electron chi connectivity index (χ2n) is 8.59. The molecule has 1 unspecified atom stereocenters. The first-order chi connectivity index (χ1) is 16.9. The van der Waals surface area contributed by atoms with E-state index in [0.717, 1.165) is 0 Å². The average molecular weight is 475 g/mol. The molecule has 1 aliphatic heterocycles. The van der Waals surface area contributed by atoms with Gasteiger partial charge in [0.25, 0.3) is 11.5 Å². The summed E-state index contributed by atoms with van der Waals surface area (Å²) in [5, 5.41) is 0.480. The van der Waals surface area contributed by atoms with Gasteiger partial charge in [0.15, 0.2) is 0 Å². The molecule has 178 valence electrons. The lowest BCUT2D eigenvalue weighted by Crippen LogP contribution is -2.50. The third-order valence-electron chi connectivity index (χ3n) is 6.51. The molecule has 35 heavy (non-hydrogen) atoms. The van der Waals surface area contributed by atoms with Crippen molar-refractivity contribution in [1.82, 2.24) is 19.4 Å². The number of hydrogen-bond acceptors (Lipinski definition) is 4. The van der Waals surface area contributed by atoms with Crippen molar-refractivity contribution in [1.29, 1.82) is 0 Å². The molecule has 4 aromatic rings. The highest BCUT2D eigenvalue weighted by molar-refractivity contribution is 5.94. The quantitative estimate of drug-likeness (QED) is 0.445. The normalized spacial score (nSPS) is 15.3. The highest BCUT2D eigenvalue weighted by Gasteiger charge is 2.29. The Labute approximate surface area is 201 Å². The molecule has 2 heterocycles. The first-order valence-electron chi connectivity index (χ1n) is 11.5. The predicted molar refractivity (Wildman–Crippen MR) is 130 cm³/mol. The topological polar surface area (TPSA) is 58.4 Å². The van der Waals surface area contributed by atoms with Crippen LogP contribution in [0.4, 0.5) is 8.78 Å². The minimum Gasteiger partial charge on any atom is -0.336 e. The summed E-state index contributed by atoms with van der Waals surface area (Å²) in [6, 6.07) is 18.6. The van der Waals surface area contributed by atoms with E-state index >= 15 is 0 Å². The van der Waals surface area contributed by atoms with Gasteiger partial charge in [0.1, 0.15) is 17.5 Å². The summed E-state index contributed by atoms with van der Waals surface area (Å²) >= 11 is 0. The van der Waals surface area contributed by atoms with E-state index in [-0.39, 0.29) is 28.9 Å². The third-order valence-corrected chi connectivity index (χ3v) is 6.51. The van der Waals surface area contributed by atoms with E-state index in [1.54, 1.807) is 47.4 Å². The number of amides is 1. The van der Waals surface area contributed by atoms with E-state index in [0.29, 0.717) is 48.6 Å². The van der Waals surface area contributed by atoms with Crippen molar-refractivity contribution in [2.45, 2.75) is 13.0 Å². The number of rotatable bonds is 4. The van der Waals surface area contributed by atoms with Crippen LogP contribution in [0.25, 0.3) is 16.6 Å². The van der Waals surface area contributed by atoms with Crippen LogP contribution in [0.2, 0.25) is 0 Å². The van der Waals surface area contributed by atoms with Crippen LogP contribution < -0.4 is 5.56 Å². The van der Waals surface area contributed by atoms with E-state index in [9.17, 15) is 18.4 Å². The van der Waals surface area contributed by atoms with E-state index < -0.39 is 5.82 Å². The fourth-order valence-corrected chi connectivity index (χ4v) is 4.55. The number of benzene rings is 3. The minimum absolute atomic E-state index is 0.0651. The molecule has 1 aromatic heterocycles. The molecule has 0 bridgehead atoms. The van der Waals surface area contributed by atoms with Gasteiger partial charge in [0.05, 0.1) is 28.2 Å². The molecule has 1 atom stereocenters. The van der Waals surface area contributed by atoms with Gasteiger partial charge in [0.2, 0.25) is 0 Å². The van der Waals surface area contributed by atoms with Crippen LogP contribution >= 0.6 is 0 Å². The molecule has 8 heteroatoms. The second-order valence-corrected chi connectivity index (χ2v) is 8.59. The van der Waals surface area contributed by atoms with Crippen LogP contribution in [0, 0.1) is 11.6 Å². The molecule has 0 spiro atoms. The summed E-state index contributed by atoms with van der Waals surface area (Å²) < 4.78 is 29.2. The standard InChI is InChI=1S/C27H24F2N4O2/c1-18(31-14-16-32(17-15-31)26(34)21-6-2-4-8-23(21)29)25-30-24-9-5-3-7-22(24)27(35)33(25)20-12-10-19(28)11-13-20/h2-13,18H,14-17H2,1H3. The Hall–Kier alpha value is -3.91. The lowest BCUT2D eigenvalue weighted by atomic mass is 10.1. The largest absolute Gasteiger partial charge is 0.336 e. The number of nitrogens with zero attached hydrogens (tertiary/aromatic N) is 4. The molecule has 0 radical (unpaired) electrons. The summed E-state index contributed by atoms with van der Waals surface area (Å²) in [6.45, 7) is 3.88. The van der Waals surface area contributed by atoms with Gasteiger partial charge < -0.3 is 4.90 Å². The molecule has 1 amide bonds. The Kier molecular flexibility index (Phi) is 6.13. The highest BCUT2D eigenvalue weighted by atomic mass is 19.1. The van der Waals surface area contributed by atoms with Gasteiger partial charge >= 0.3 is 0 Å². The maximum Gasteiger partial charge on any atom is 0.266 e. The lowest BCUT2D eigenvalue weighted by molar-refractivity contribution is 0.0569. The van der Waals surface area contributed by atoms with Crippen LogP contribution in [0.3, 0.4) is 0 Å². The monoisotopic (exact) mass is 474 g/mol. The third kappa shape index (κ3) is 4.33. The van der Waals surface area contributed by atoms with Crippen LogP contribution in [0.1, 0.15) is 29.1 Å². The fraction of sp³-hybridized carbons (Fsp3) is 0.222. The van der Waals surface area contributed by atoms with Gasteiger partial charge in [0, 0.05) is 26.2 Å². The lowest BCUT2D eigenvalue weighted by Gasteiger charge is -2.38. The van der Waals surface area contributed by atoms with Crippen molar-refractivity contribution in [3.05, 3.63) is 106 Å². The number of para-hydroxylation sites is 1. The van der Waals surface area contributed by atoms with Crippen molar-refractivity contribution in [2.75, 3.05) is 26.2 Å². The number of carbonyl (C=O) groups is 1. The Morgan fingerprint density at radius 1 is 0.886 bits per heavy atom. The zero-order chi connectivity index (χ0) is 24.5. The summed E-state index contributed by atoms with van der Waals surface area (Å²) in [4.78, 5) is 34.9. The molecule has 1 aliphatic rings. The summed E-state index contributed by atoms with van der Waals surface area (Å²) in [7, 11) is 0. The van der Waals surface area contributed by atoms with E-state index in [4.69, 9.17) is 4.98 Å². The fourth-order valence-electron chi connectivity index (χ4n) is 4.55. The molecule has 5 rings (SSSR count). The van der Waals surface area contributed by atoms with Gasteiger partial charge in [-0.1, -0.05) is 24.3 Å². The van der Waals surface area contributed by atoms with Gasteiger partial charge in [-0.3, -0.25) is 19.1 Å². The molecular weight excluding hydrogens is 450 g/mol. The van der Waals surface area contributed by atoms with Crippen LogP contribution in [-0.2, 0) is 0 Å². The molecule has 6 nitrogen and oxygen atoms in total. The Morgan fingerprint density at radius 2 is 1.54 bits per heavy atom. The van der Waals surface area contributed by atoms with E-state index in [1.165, 1.54) is 28.8 Å². The maximum absolute atomic E-state index is 14.1. The second kappa shape index (κ2) is 9.38. The van der Waals surface area contributed by atoms with Crippen molar-refractivity contribution in [2.24, 2.45) is 0 Å². The Bertz CT molecular complexity index is 1440. The minimum atomic E-state index is -0.531. The first kappa shape index (κ1) is 22.9. The van der Waals surface area contributed by atoms with Crippen LogP contribution in [0.5, 0.6) is 0 Å². The molecule has 0 aliphatic carbocycles. The SMILES string of the molecule is CC(c1nc2ccccc2c(=O)n1-c1ccc(F)cc1)N1CCN(C(=O)c2ccccc2F)CC1. The van der Waals surface area contributed by atoms with Crippen molar-refractivity contribution in [3.63, 3.8) is 0 Å². The zero-order valence-electron chi connectivity index (χ0n) is 19.2. The summed E-state index contributed by atoms with van der Waals surface area (Å²) in [5.74, 6) is -0.714. The van der Waals surface area contributed by atoms with Gasteiger partial charge in [-0.2, -0.15) is 0 Å². The number of hydrogen-bond donors (Lipinski definition) is 0. The summed E-state index contributed by atoms with van der Waals surface area (Å²) in [6.07, 6.45) is 0. The first-order valence-corrected chi connectivity index (χ1v) is 11.5. The molecule has 1 fully saturated rings. The number of aromatic nitrogens is 2. The molecule has 0 saturated carbocycles. The molecule has 1 saturated heterocycles. The smallest absolute Gasteiger partial charge is 0.266 e. The van der Waals surface area contributed by atoms with Crippen LogP contribution in [0.15, 0.2) is 77.6 Å². The van der Waals surface area contributed by atoms with Crippen LogP contribution in [-0.4, -0.2) is 51.4 Å². The van der Waals surface area contributed by atoms with E-state index in [2.05, 4.69) is 4.90 Å². The van der Waals surface area contributed by atoms with Gasteiger partial charge in [-0.25, -0.2) is 13.8 Å². The number of piperazine rings is 1. The van der Waals surface area contributed by atoms with E-state index in [1.807, 2.05) is 13.0 Å². The zero-order valence-corrected chi connectivity index (χ0v) is 19.2. The predicted octanol–water partition coefficient (Wildman–Crippen LogP) is 4.18. The van der Waals surface area contributed by atoms with Crippen molar-refractivity contribution < 1.29 is 13.6 Å². The van der Waals surface area contributed by atoms with Gasteiger partial charge in [-0.15, -0.1) is 0 Å². The molecule has 3 aromatic carbocycles. The van der Waals surface area contributed by atoms with Crippen molar-refractivity contribution in [3.8, 4) is 5.69 Å². The maximum atomic E-state index is 14.1. The summed E-state index contributed by atoms with van der Waals surface area (Å²) in [5.41, 5.74) is 0.962. The molecule has 0 N–H and O–H groups in total. The number of halogens is 2.